The number of aromatic nitrogens is 1. The number of hydrogen-bond acceptors (Lipinski definition) is 4. The lowest BCUT2D eigenvalue weighted by Crippen LogP contribution is -2.13. The second-order valence-electron chi connectivity index (χ2n) is 4.88. The summed E-state index contributed by atoms with van der Waals surface area (Å²) in [6, 6.07) is 9.05. The van der Waals surface area contributed by atoms with E-state index in [-0.39, 0.29) is 5.69 Å². The Balaban J connectivity index is 1.92. The number of aromatic carboxylic acids is 1. The fourth-order valence-corrected chi connectivity index (χ4v) is 2.30. The average molecular weight is 273 g/mol. The number of carbonyl (C=O) groups is 1. The number of carboxylic acids is 1. The first-order valence-corrected chi connectivity index (χ1v) is 6.57. The third kappa shape index (κ3) is 2.58. The topological polar surface area (TPSA) is 68.7 Å². The van der Waals surface area contributed by atoms with Gasteiger partial charge in [-0.25, -0.2) is 9.78 Å². The van der Waals surface area contributed by atoms with Crippen LogP contribution in [0.25, 0.3) is 10.8 Å². The van der Waals surface area contributed by atoms with Gasteiger partial charge in [0.1, 0.15) is 0 Å². The number of benzene rings is 1. The van der Waals surface area contributed by atoms with E-state index in [9.17, 15) is 4.79 Å². The average Bonchev–Trinajstić information content (AvgIpc) is 2.97. The van der Waals surface area contributed by atoms with Gasteiger partial charge in [0, 0.05) is 17.9 Å². The summed E-state index contributed by atoms with van der Waals surface area (Å²) in [4.78, 5) is 15.2. The summed E-state index contributed by atoms with van der Waals surface area (Å²) in [7, 11) is 0. The molecule has 1 aromatic carbocycles. The SMILES string of the molecule is O=C(O)c1cc2ccccc2c(OCC2CCOC2)n1. The van der Waals surface area contributed by atoms with Crippen molar-refractivity contribution in [3.63, 3.8) is 0 Å². The predicted octanol–water partition coefficient (Wildman–Crippen LogP) is 2.35. The van der Waals surface area contributed by atoms with Gasteiger partial charge in [-0.1, -0.05) is 18.2 Å². The predicted molar refractivity (Wildman–Crippen MR) is 73.1 cm³/mol. The highest BCUT2D eigenvalue weighted by Gasteiger charge is 2.18. The number of rotatable bonds is 4. The van der Waals surface area contributed by atoms with Crippen LogP contribution in [-0.2, 0) is 4.74 Å². The summed E-state index contributed by atoms with van der Waals surface area (Å²) in [5, 5.41) is 10.8. The molecule has 1 aliphatic rings. The lowest BCUT2D eigenvalue weighted by molar-refractivity contribution is 0.0689. The molecular formula is C15H15NO4. The van der Waals surface area contributed by atoms with E-state index in [2.05, 4.69) is 4.98 Å². The van der Waals surface area contributed by atoms with Crippen molar-refractivity contribution in [2.75, 3.05) is 19.8 Å². The first-order chi connectivity index (χ1) is 9.74. The molecule has 0 amide bonds. The van der Waals surface area contributed by atoms with Crippen molar-refractivity contribution in [3.8, 4) is 5.88 Å². The smallest absolute Gasteiger partial charge is 0.354 e. The van der Waals surface area contributed by atoms with Gasteiger partial charge in [0.25, 0.3) is 0 Å². The van der Waals surface area contributed by atoms with Gasteiger partial charge in [-0.2, -0.15) is 0 Å². The number of pyridine rings is 1. The third-order valence-corrected chi connectivity index (χ3v) is 3.40. The molecular weight excluding hydrogens is 258 g/mol. The van der Waals surface area contributed by atoms with Crippen molar-refractivity contribution >= 4 is 16.7 Å². The van der Waals surface area contributed by atoms with Gasteiger partial charge in [0.05, 0.1) is 13.2 Å². The maximum absolute atomic E-state index is 11.1. The van der Waals surface area contributed by atoms with Crippen molar-refractivity contribution in [1.29, 1.82) is 0 Å². The Morgan fingerprint density at radius 1 is 1.45 bits per heavy atom. The number of fused-ring (bicyclic) bond motifs is 1. The van der Waals surface area contributed by atoms with E-state index in [1.165, 1.54) is 0 Å². The lowest BCUT2D eigenvalue weighted by Gasteiger charge is -2.12. The molecule has 1 aliphatic heterocycles. The minimum atomic E-state index is -1.05. The van der Waals surface area contributed by atoms with Crippen LogP contribution in [0, 0.1) is 5.92 Å². The summed E-state index contributed by atoms with van der Waals surface area (Å²) < 4.78 is 11.0. The first-order valence-electron chi connectivity index (χ1n) is 6.57. The second kappa shape index (κ2) is 5.46. The van der Waals surface area contributed by atoms with Gasteiger partial charge in [0.15, 0.2) is 5.69 Å². The van der Waals surface area contributed by atoms with Gasteiger partial charge in [-0.15, -0.1) is 0 Å². The molecule has 0 aliphatic carbocycles. The number of nitrogens with zero attached hydrogens (tertiary/aromatic N) is 1. The van der Waals surface area contributed by atoms with E-state index in [0.717, 1.165) is 23.8 Å². The Bertz CT molecular complexity index is 635. The van der Waals surface area contributed by atoms with E-state index < -0.39 is 5.97 Å². The summed E-state index contributed by atoms with van der Waals surface area (Å²) in [6.07, 6.45) is 0.969. The van der Waals surface area contributed by atoms with Gasteiger partial charge < -0.3 is 14.6 Å². The molecule has 20 heavy (non-hydrogen) atoms. The Labute approximate surface area is 116 Å². The Kier molecular flexibility index (Phi) is 3.52. The Hall–Kier alpha value is -2.14. The molecule has 2 heterocycles. The molecule has 104 valence electrons. The van der Waals surface area contributed by atoms with Crippen molar-refractivity contribution < 1.29 is 19.4 Å². The zero-order valence-electron chi connectivity index (χ0n) is 10.9. The van der Waals surface area contributed by atoms with Crippen molar-refractivity contribution in [1.82, 2.24) is 4.98 Å². The summed E-state index contributed by atoms with van der Waals surface area (Å²) >= 11 is 0. The Morgan fingerprint density at radius 3 is 3.05 bits per heavy atom. The largest absolute Gasteiger partial charge is 0.477 e. The Morgan fingerprint density at radius 2 is 2.30 bits per heavy atom. The van der Waals surface area contributed by atoms with E-state index in [1.807, 2.05) is 24.3 Å². The molecule has 1 unspecified atom stereocenters. The zero-order chi connectivity index (χ0) is 13.9. The molecule has 0 saturated carbocycles. The van der Waals surface area contributed by atoms with Gasteiger partial charge >= 0.3 is 5.97 Å². The fourth-order valence-electron chi connectivity index (χ4n) is 2.30. The van der Waals surface area contributed by atoms with Crippen LogP contribution in [0.1, 0.15) is 16.9 Å². The van der Waals surface area contributed by atoms with Crippen LogP contribution in [0.4, 0.5) is 0 Å². The first kappa shape index (κ1) is 12.9. The zero-order valence-corrected chi connectivity index (χ0v) is 10.9. The van der Waals surface area contributed by atoms with E-state index in [4.69, 9.17) is 14.6 Å². The molecule has 1 fully saturated rings. The highest BCUT2D eigenvalue weighted by atomic mass is 16.5. The lowest BCUT2D eigenvalue weighted by atomic mass is 10.1. The second-order valence-corrected chi connectivity index (χ2v) is 4.88. The number of hydrogen-bond donors (Lipinski definition) is 1. The molecule has 0 spiro atoms. The van der Waals surface area contributed by atoms with Crippen molar-refractivity contribution in [3.05, 3.63) is 36.0 Å². The molecule has 0 radical (unpaired) electrons. The van der Waals surface area contributed by atoms with Gasteiger partial charge in [-0.05, 0) is 23.9 Å². The third-order valence-electron chi connectivity index (χ3n) is 3.40. The minimum absolute atomic E-state index is 0.00127. The van der Waals surface area contributed by atoms with Gasteiger partial charge in [-0.3, -0.25) is 0 Å². The normalized spacial score (nSPS) is 18.3. The quantitative estimate of drug-likeness (QED) is 0.926. The molecule has 1 aromatic heterocycles. The van der Waals surface area contributed by atoms with Crippen LogP contribution in [0.2, 0.25) is 0 Å². The number of ether oxygens (including phenoxy) is 2. The van der Waals surface area contributed by atoms with Crippen molar-refractivity contribution in [2.24, 2.45) is 5.92 Å². The minimum Gasteiger partial charge on any atom is -0.477 e. The standard InChI is InChI=1S/C15H15NO4/c17-15(18)13-7-11-3-1-2-4-12(11)14(16-13)20-9-10-5-6-19-8-10/h1-4,7,10H,5-6,8-9H2,(H,17,18). The molecule has 3 rings (SSSR count). The van der Waals surface area contributed by atoms with Crippen LogP contribution in [0.15, 0.2) is 30.3 Å². The van der Waals surface area contributed by atoms with Crippen LogP contribution in [0.3, 0.4) is 0 Å². The summed E-state index contributed by atoms with van der Waals surface area (Å²) in [5.74, 6) is -0.318. The van der Waals surface area contributed by atoms with Crippen LogP contribution >= 0.6 is 0 Å². The molecule has 1 N–H and O–H groups in total. The maximum atomic E-state index is 11.1. The molecule has 5 nitrogen and oxygen atoms in total. The van der Waals surface area contributed by atoms with Gasteiger partial charge in [0.2, 0.25) is 5.88 Å². The fraction of sp³-hybridized carbons (Fsp3) is 0.333. The van der Waals surface area contributed by atoms with Crippen molar-refractivity contribution in [2.45, 2.75) is 6.42 Å². The van der Waals surface area contributed by atoms with Crippen LogP contribution in [-0.4, -0.2) is 35.9 Å². The monoisotopic (exact) mass is 273 g/mol. The van der Waals surface area contributed by atoms with E-state index >= 15 is 0 Å². The highest BCUT2D eigenvalue weighted by molar-refractivity contribution is 5.94. The molecule has 0 bridgehead atoms. The van der Waals surface area contributed by atoms with Crippen LogP contribution < -0.4 is 4.74 Å². The number of carboxylic acid groups (broad SMARTS) is 1. The van der Waals surface area contributed by atoms with E-state index in [1.54, 1.807) is 6.07 Å². The molecule has 1 saturated heterocycles. The van der Waals surface area contributed by atoms with E-state index in [0.29, 0.717) is 25.0 Å². The maximum Gasteiger partial charge on any atom is 0.354 e. The molecule has 2 aromatic rings. The summed E-state index contributed by atoms with van der Waals surface area (Å²) in [6.45, 7) is 1.95. The molecule has 1 atom stereocenters. The molecule has 5 heteroatoms. The highest BCUT2D eigenvalue weighted by Crippen LogP contribution is 2.25. The summed E-state index contributed by atoms with van der Waals surface area (Å²) in [5.41, 5.74) is 0.00127. The van der Waals surface area contributed by atoms with Crippen LogP contribution in [0.5, 0.6) is 5.88 Å².